The Morgan fingerprint density at radius 3 is 2.47 bits per heavy atom. The number of anilines is 1. The molecular weight excluding hydrogens is 504 g/mol. The first kappa shape index (κ1) is 26.9. The monoisotopic (exact) mass is 541 g/mol. The second-order valence-corrected chi connectivity index (χ2v) is 12.1. The molecule has 2 aliphatic heterocycles. The van der Waals surface area contributed by atoms with Crippen LogP contribution in [0, 0.1) is 0 Å². The molecule has 11 heteroatoms. The van der Waals surface area contributed by atoms with Crippen molar-refractivity contribution in [3.8, 4) is 0 Å². The number of unbranched alkanes of at least 4 members (excludes halogenated alkanes) is 1. The Labute approximate surface area is 224 Å². The van der Waals surface area contributed by atoms with Crippen molar-refractivity contribution in [1.82, 2.24) is 19.2 Å². The van der Waals surface area contributed by atoms with Crippen LogP contribution in [0.4, 0.5) is 11.8 Å². The number of hydrogen-bond acceptors (Lipinski definition) is 8. The highest BCUT2D eigenvalue weighted by Gasteiger charge is 2.43. The van der Waals surface area contributed by atoms with E-state index >= 15 is 0 Å². The van der Waals surface area contributed by atoms with E-state index in [0.717, 1.165) is 54.9 Å². The van der Waals surface area contributed by atoms with Crippen molar-refractivity contribution >= 4 is 33.3 Å². The lowest BCUT2D eigenvalue weighted by Crippen LogP contribution is -2.49. The maximum absolute atomic E-state index is 13.3. The average Bonchev–Trinajstić information content (AvgIpc) is 2.92. The van der Waals surface area contributed by atoms with Crippen LogP contribution in [0.1, 0.15) is 56.6 Å². The Morgan fingerprint density at radius 1 is 1.11 bits per heavy atom. The van der Waals surface area contributed by atoms with Gasteiger partial charge in [0.2, 0.25) is 10.0 Å². The number of nitrogens with one attached hydrogen (secondary N) is 1. The molecule has 5 rings (SSSR count). The predicted molar refractivity (Wildman–Crippen MR) is 145 cm³/mol. The van der Waals surface area contributed by atoms with Gasteiger partial charge in [-0.25, -0.2) is 13.0 Å². The summed E-state index contributed by atoms with van der Waals surface area (Å²) in [4.78, 5) is 23.6. The minimum Gasteiger partial charge on any atom is -0.395 e. The number of fused-ring (bicyclic) bond motifs is 1. The van der Waals surface area contributed by atoms with E-state index in [9.17, 15) is 13.2 Å². The summed E-state index contributed by atoms with van der Waals surface area (Å²) in [6.45, 7) is 5.64. The van der Waals surface area contributed by atoms with Crippen molar-refractivity contribution in [1.29, 1.82) is 0 Å². The Hall–Kier alpha value is -2.73. The molecule has 1 aromatic heterocycles. The van der Waals surface area contributed by atoms with Crippen molar-refractivity contribution in [3.63, 3.8) is 0 Å². The summed E-state index contributed by atoms with van der Waals surface area (Å²) in [6, 6.07) is 7.26. The van der Waals surface area contributed by atoms with Crippen molar-refractivity contribution in [2.45, 2.75) is 56.4 Å². The predicted octanol–water partition coefficient (Wildman–Crippen LogP) is 1.99. The van der Waals surface area contributed by atoms with E-state index in [1.54, 1.807) is 12.1 Å². The molecule has 1 aliphatic carbocycles. The third-order valence-electron chi connectivity index (χ3n) is 7.70. The zero-order chi connectivity index (χ0) is 26.7. The number of β-amino-alcohol motifs (C(OH)–C–C–N with tert-alkyl or cyclic N) is 1. The number of carbonyl (C=O) groups is 1. The number of aliphatic hydroxyl groups excluding tert-OH is 1. The number of aliphatic hydroxyl groups is 1. The van der Waals surface area contributed by atoms with Crippen LogP contribution in [0.15, 0.2) is 35.4 Å². The molecule has 1 aromatic carbocycles. The fourth-order valence-corrected chi connectivity index (χ4v) is 6.89. The molecule has 3 aliphatic rings. The summed E-state index contributed by atoms with van der Waals surface area (Å²) in [5, 5.41) is 12.4. The highest BCUT2D eigenvalue weighted by Crippen LogP contribution is 2.36. The molecule has 2 fully saturated rings. The zero-order valence-corrected chi connectivity index (χ0v) is 22.8. The topological polar surface area (TPSA) is 119 Å². The number of ketones is 1. The van der Waals surface area contributed by atoms with Crippen LogP contribution in [0.5, 0.6) is 0 Å². The number of aromatic nitrogens is 2. The molecule has 1 saturated carbocycles. The third-order valence-corrected chi connectivity index (χ3v) is 9.61. The van der Waals surface area contributed by atoms with Crippen LogP contribution < -0.4 is 5.32 Å². The van der Waals surface area contributed by atoms with Gasteiger partial charge < -0.3 is 10.4 Å². The lowest BCUT2D eigenvalue weighted by atomic mass is 9.89. The van der Waals surface area contributed by atoms with Crippen molar-refractivity contribution in [2.24, 2.45) is 0 Å². The molecule has 204 valence electrons. The van der Waals surface area contributed by atoms with E-state index in [2.05, 4.69) is 26.7 Å². The lowest BCUT2D eigenvalue weighted by molar-refractivity contribution is -0.502. The zero-order valence-electron chi connectivity index (χ0n) is 22.0. The number of benzene rings is 1. The van der Waals surface area contributed by atoms with Gasteiger partial charge in [-0.15, -0.1) is 0 Å². The van der Waals surface area contributed by atoms with Gasteiger partial charge >= 0.3 is 11.8 Å². The number of piperazine rings is 1. The number of rotatable bonds is 10. The molecule has 3 heterocycles. The molecule has 38 heavy (non-hydrogen) atoms. The quantitative estimate of drug-likeness (QED) is 0.346. The molecule has 0 amide bonds. The minimum atomic E-state index is -3.60. The van der Waals surface area contributed by atoms with Crippen LogP contribution in [0.25, 0.3) is 0 Å². The number of Topliss-reactive ketones (excluding diaryl/α,β-unsaturated/α-hetero) is 1. The Bertz CT molecular complexity index is 1290. The SMILES string of the molecule is CCCCNc1ncc2c(n1)[N+](C1CCC(=O)CC1)=C2c1ccc(S(=O)(=O)N2CCN(CCO)CC2)cc1. The second kappa shape index (κ2) is 11.6. The number of carbonyl (C=O) groups excluding carboxylic acids is 1. The van der Waals surface area contributed by atoms with E-state index in [1.807, 2.05) is 18.3 Å². The lowest BCUT2D eigenvalue weighted by Gasteiger charge is -2.33. The summed E-state index contributed by atoms with van der Waals surface area (Å²) >= 11 is 0. The highest BCUT2D eigenvalue weighted by atomic mass is 32.2. The van der Waals surface area contributed by atoms with Crippen molar-refractivity contribution in [3.05, 3.63) is 41.6 Å². The fraction of sp³-hybridized carbons (Fsp3) is 0.556. The first-order valence-corrected chi connectivity index (χ1v) is 15.1. The van der Waals surface area contributed by atoms with Crippen LogP contribution in [0.2, 0.25) is 0 Å². The maximum atomic E-state index is 13.3. The normalized spacial score (nSPS) is 19.4. The Kier molecular flexibility index (Phi) is 8.18. The summed E-state index contributed by atoms with van der Waals surface area (Å²) in [6.07, 6.45) is 6.66. The van der Waals surface area contributed by atoms with E-state index in [-0.39, 0.29) is 17.5 Å². The smallest absolute Gasteiger partial charge is 0.341 e. The minimum absolute atomic E-state index is 0.0755. The van der Waals surface area contributed by atoms with E-state index < -0.39 is 10.0 Å². The standard InChI is InChI=1S/C27H36N6O4S/c1-2-3-12-28-27-29-19-24-25(33(26(24)30-27)21-6-8-22(35)9-7-21)20-4-10-23(11-5-20)38(36,37)32-15-13-31(14-16-32)17-18-34/h4-5,10-11,19,21,34H,2-3,6-9,12-18H2,1H3/p+1. The first-order valence-electron chi connectivity index (χ1n) is 13.7. The van der Waals surface area contributed by atoms with Gasteiger partial charge in [-0.05, 0) is 48.5 Å². The molecule has 1 saturated heterocycles. The molecule has 0 atom stereocenters. The van der Waals surface area contributed by atoms with Gasteiger partial charge in [0.25, 0.3) is 0 Å². The first-order chi connectivity index (χ1) is 18.4. The summed E-state index contributed by atoms with van der Waals surface area (Å²) in [7, 11) is -3.60. The van der Waals surface area contributed by atoms with Crippen LogP contribution in [0.3, 0.4) is 0 Å². The Balaban J connectivity index is 1.40. The molecule has 10 nitrogen and oxygen atoms in total. The maximum Gasteiger partial charge on any atom is 0.341 e. The fourth-order valence-electron chi connectivity index (χ4n) is 5.47. The average molecular weight is 542 g/mol. The molecule has 2 aromatic rings. The van der Waals surface area contributed by atoms with Gasteiger partial charge in [0, 0.05) is 57.7 Å². The van der Waals surface area contributed by atoms with Gasteiger partial charge in [0.15, 0.2) is 5.71 Å². The summed E-state index contributed by atoms with van der Waals surface area (Å²) < 4.78 is 30.3. The second-order valence-electron chi connectivity index (χ2n) is 10.2. The number of hydrogen-bond donors (Lipinski definition) is 2. The molecule has 0 spiro atoms. The van der Waals surface area contributed by atoms with Gasteiger partial charge in [0.1, 0.15) is 17.4 Å². The van der Waals surface area contributed by atoms with Crippen molar-refractivity contribution in [2.75, 3.05) is 51.2 Å². The molecule has 0 unspecified atom stereocenters. The van der Waals surface area contributed by atoms with Gasteiger partial charge in [-0.2, -0.15) is 9.29 Å². The number of nitrogens with zero attached hydrogens (tertiary/aromatic N) is 5. The molecule has 0 bridgehead atoms. The van der Waals surface area contributed by atoms with Gasteiger partial charge in [-0.1, -0.05) is 13.3 Å². The van der Waals surface area contributed by atoms with Crippen molar-refractivity contribution < 1.29 is 22.9 Å². The molecule has 2 N–H and O–H groups in total. The highest BCUT2D eigenvalue weighted by molar-refractivity contribution is 7.89. The van der Waals surface area contributed by atoms with E-state index in [0.29, 0.717) is 57.3 Å². The largest absolute Gasteiger partial charge is 0.395 e. The summed E-state index contributed by atoms with van der Waals surface area (Å²) in [5.74, 6) is 1.78. The molecular formula is C27H37N6O4S+. The summed E-state index contributed by atoms with van der Waals surface area (Å²) in [5.41, 5.74) is 2.84. The van der Waals surface area contributed by atoms with Crippen LogP contribution in [-0.2, 0) is 14.8 Å². The third kappa shape index (κ3) is 5.38. The number of sulfonamides is 1. The van der Waals surface area contributed by atoms with Crippen LogP contribution in [-0.4, -0.2) is 101 Å². The van der Waals surface area contributed by atoms with Gasteiger partial charge in [-0.3, -0.25) is 9.69 Å². The Morgan fingerprint density at radius 2 is 1.82 bits per heavy atom. The molecule has 0 radical (unpaired) electrons. The van der Waals surface area contributed by atoms with Gasteiger partial charge in [0.05, 0.1) is 17.7 Å². The van der Waals surface area contributed by atoms with E-state index in [4.69, 9.17) is 10.1 Å². The van der Waals surface area contributed by atoms with E-state index in [1.165, 1.54) is 4.31 Å². The van der Waals surface area contributed by atoms with Crippen LogP contribution >= 0.6 is 0 Å².